The number of nitrogens with zero attached hydrogens (tertiary/aromatic N) is 3. The van der Waals surface area contributed by atoms with Crippen molar-refractivity contribution in [2.45, 2.75) is 38.5 Å². The van der Waals surface area contributed by atoms with Gasteiger partial charge in [-0.3, -0.25) is 0 Å². The monoisotopic (exact) mass is 412 g/mol. The third kappa shape index (κ3) is 7.46. The van der Waals surface area contributed by atoms with Crippen LogP contribution in [-0.4, -0.2) is 66.0 Å². The first kappa shape index (κ1) is 21.6. The van der Waals surface area contributed by atoms with Crippen molar-refractivity contribution < 1.29 is 31.5 Å². The molecule has 0 unspecified atom stereocenters. The topological polar surface area (TPSA) is 105 Å². The molecule has 0 spiro atoms. The normalized spacial score (nSPS) is 18.2. The summed E-state index contributed by atoms with van der Waals surface area (Å²) in [6.07, 6.45) is 1.61. The van der Waals surface area contributed by atoms with Crippen LogP contribution in [0.3, 0.4) is 0 Å². The van der Waals surface area contributed by atoms with E-state index < -0.39 is 22.2 Å². The summed E-state index contributed by atoms with van der Waals surface area (Å²) in [5.41, 5.74) is 0.957. The smallest absolute Gasteiger partial charge is 0.475 e. The largest absolute Gasteiger partial charge is 0.490 e. The SMILES string of the molecule is CS(=O)(=O)NCc1cnc2n1CCN(CC1CC1)CC2.O=C(O)C(F)(F)F. The standard InChI is InChI=1S/C13H22N4O2S.C2HF3O2/c1-20(18,19)15-9-12-8-14-13-4-5-16(6-7-17(12)13)10-11-2-3-11;3-2(4,5)1(6)7/h8,11,15H,2-7,9-10H2,1H3;(H,6,7). The molecule has 2 aliphatic rings. The van der Waals surface area contributed by atoms with Gasteiger partial charge in [-0.25, -0.2) is 22.9 Å². The molecule has 12 heteroatoms. The average Bonchev–Trinajstić information content (AvgIpc) is 3.30. The first-order valence-electron chi connectivity index (χ1n) is 8.46. The van der Waals surface area contributed by atoms with E-state index in [-0.39, 0.29) is 0 Å². The average molecular weight is 412 g/mol. The van der Waals surface area contributed by atoms with Crippen molar-refractivity contribution in [1.82, 2.24) is 19.2 Å². The molecule has 1 aromatic rings. The van der Waals surface area contributed by atoms with E-state index in [0.29, 0.717) is 6.54 Å². The second-order valence-corrected chi connectivity index (χ2v) is 8.54. The Kier molecular flexibility index (Phi) is 6.87. The first-order chi connectivity index (χ1) is 12.5. The van der Waals surface area contributed by atoms with Gasteiger partial charge in [-0.1, -0.05) is 0 Å². The summed E-state index contributed by atoms with van der Waals surface area (Å²) in [4.78, 5) is 15.9. The number of halogens is 3. The summed E-state index contributed by atoms with van der Waals surface area (Å²) in [5, 5.41) is 7.12. The van der Waals surface area contributed by atoms with Crippen LogP contribution in [0.2, 0.25) is 0 Å². The lowest BCUT2D eigenvalue weighted by Crippen LogP contribution is -2.29. The van der Waals surface area contributed by atoms with Crippen molar-refractivity contribution in [3.05, 3.63) is 17.7 Å². The molecule has 0 radical (unpaired) electrons. The highest BCUT2D eigenvalue weighted by molar-refractivity contribution is 7.88. The molecule has 0 bridgehead atoms. The highest BCUT2D eigenvalue weighted by Gasteiger charge is 2.38. The third-order valence-electron chi connectivity index (χ3n) is 4.28. The Morgan fingerprint density at radius 1 is 1.33 bits per heavy atom. The van der Waals surface area contributed by atoms with E-state index in [1.54, 1.807) is 6.20 Å². The van der Waals surface area contributed by atoms with Gasteiger partial charge < -0.3 is 14.6 Å². The fourth-order valence-electron chi connectivity index (χ4n) is 2.73. The molecule has 2 heterocycles. The Morgan fingerprint density at radius 2 is 1.96 bits per heavy atom. The van der Waals surface area contributed by atoms with Crippen LogP contribution in [0.1, 0.15) is 24.4 Å². The summed E-state index contributed by atoms with van der Waals surface area (Å²) < 4.78 is 58.8. The zero-order chi connectivity index (χ0) is 20.2. The Bertz CT molecular complexity index is 760. The van der Waals surface area contributed by atoms with Crippen LogP contribution in [0.5, 0.6) is 0 Å². The van der Waals surface area contributed by atoms with Gasteiger partial charge >= 0.3 is 12.1 Å². The summed E-state index contributed by atoms with van der Waals surface area (Å²) >= 11 is 0. The number of carbonyl (C=O) groups is 1. The number of rotatable bonds is 5. The van der Waals surface area contributed by atoms with Gasteiger partial charge in [0.15, 0.2) is 0 Å². The van der Waals surface area contributed by atoms with Crippen molar-refractivity contribution in [2.24, 2.45) is 5.92 Å². The van der Waals surface area contributed by atoms with Crippen molar-refractivity contribution in [3.63, 3.8) is 0 Å². The molecule has 1 saturated carbocycles. The minimum absolute atomic E-state index is 0.328. The van der Waals surface area contributed by atoms with E-state index >= 15 is 0 Å². The van der Waals surface area contributed by atoms with Crippen LogP contribution in [0.4, 0.5) is 13.2 Å². The van der Waals surface area contributed by atoms with Crippen molar-refractivity contribution >= 4 is 16.0 Å². The fraction of sp³-hybridized carbons (Fsp3) is 0.733. The Hall–Kier alpha value is -1.66. The fourth-order valence-corrected chi connectivity index (χ4v) is 3.14. The molecule has 1 aliphatic heterocycles. The van der Waals surface area contributed by atoms with Crippen molar-refractivity contribution in [1.29, 1.82) is 0 Å². The molecule has 2 N–H and O–H groups in total. The molecule has 1 aliphatic carbocycles. The van der Waals surface area contributed by atoms with Crippen LogP contribution in [0.25, 0.3) is 0 Å². The quantitative estimate of drug-likeness (QED) is 0.743. The molecular weight excluding hydrogens is 389 g/mol. The molecule has 27 heavy (non-hydrogen) atoms. The molecule has 0 atom stereocenters. The number of fused-ring (bicyclic) bond motifs is 1. The number of hydrogen-bond donors (Lipinski definition) is 2. The molecule has 8 nitrogen and oxygen atoms in total. The summed E-state index contributed by atoms with van der Waals surface area (Å²) in [5.74, 6) is -0.770. The maximum atomic E-state index is 11.2. The minimum atomic E-state index is -5.08. The molecule has 1 fully saturated rings. The van der Waals surface area contributed by atoms with Crippen LogP contribution in [0, 0.1) is 5.92 Å². The van der Waals surface area contributed by atoms with Gasteiger partial charge in [0.2, 0.25) is 10.0 Å². The van der Waals surface area contributed by atoms with Gasteiger partial charge in [-0.15, -0.1) is 0 Å². The number of aliphatic carboxylic acids is 1. The van der Waals surface area contributed by atoms with Crippen LogP contribution >= 0.6 is 0 Å². The zero-order valence-electron chi connectivity index (χ0n) is 14.9. The number of alkyl halides is 3. The van der Waals surface area contributed by atoms with Gasteiger partial charge in [0, 0.05) is 38.8 Å². The number of sulfonamides is 1. The summed E-state index contributed by atoms with van der Waals surface area (Å²) in [6, 6.07) is 0. The highest BCUT2D eigenvalue weighted by atomic mass is 32.2. The van der Waals surface area contributed by atoms with Crippen LogP contribution in [0.15, 0.2) is 6.20 Å². The van der Waals surface area contributed by atoms with Crippen molar-refractivity contribution in [3.8, 4) is 0 Å². The Balaban J connectivity index is 0.000000321. The molecule has 0 saturated heterocycles. The number of carboxylic acids is 1. The minimum Gasteiger partial charge on any atom is -0.475 e. The first-order valence-corrected chi connectivity index (χ1v) is 10.3. The number of aromatic nitrogens is 2. The van der Waals surface area contributed by atoms with Gasteiger partial charge in [0.05, 0.1) is 18.5 Å². The second-order valence-electron chi connectivity index (χ2n) is 6.71. The van der Waals surface area contributed by atoms with E-state index in [4.69, 9.17) is 9.90 Å². The Morgan fingerprint density at radius 3 is 2.48 bits per heavy atom. The molecule has 0 aromatic carbocycles. The maximum Gasteiger partial charge on any atom is 0.490 e. The lowest BCUT2D eigenvalue weighted by atomic mass is 10.3. The van der Waals surface area contributed by atoms with Gasteiger partial charge in [0.1, 0.15) is 5.82 Å². The van der Waals surface area contributed by atoms with E-state index in [9.17, 15) is 21.6 Å². The molecule has 1 aromatic heterocycles. The second kappa shape index (κ2) is 8.57. The maximum absolute atomic E-state index is 11.2. The Labute approximate surface area is 155 Å². The van der Waals surface area contributed by atoms with Gasteiger partial charge in [-0.2, -0.15) is 13.2 Å². The predicted molar refractivity (Wildman–Crippen MR) is 90.5 cm³/mol. The van der Waals surface area contributed by atoms with Gasteiger partial charge in [0.25, 0.3) is 0 Å². The number of hydrogen-bond acceptors (Lipinski definition) is 5. The summed E-state index contributed by atoms with van der Waals surface area (Å²) in [6.45, 7) is 4.54. The molecule has 3 rings (SSSR count). The lowest BCUT2D eigenvalue weighted by molar-refractivity contribution is -0.192. The molecular formula is C15H23F3N4O4S. The lowest BCUT2D eigenvalue weighted by Gasteiger charge is -2.19. The molecule has 154 valence electrons. The number of nitrogens with one attached hydrogen (secondary N) is 1. The van der Waals surface area contributed by atoms with Crippen LogP contribution in [-0.2, 0) is 34.3 Å². The van der Waals surface area contributed by atoms with E-state index in [2.05, 4.69) is 19.2 Å². The number of imidazole rings is 1. The van der Waals surface area contributed by atoms with E-state index in [1.807, 2.05) is 0 Å². The third-order valence-corrected chi connectivity index (χ3v) is 4.95. The van der Waals surface area contributed by atoms with E-state index in [0.717, 1.165) is 43.5 Å². The number of carboxylic acid groups (broad SMARTS) is 1. The summed E-state index contributed by atoms with van der Waals surface area (Å²) in [7, 11) is -3.16. The molecule has 0 amide bonds. The highest BCUT2D eigenvalue weighted by Crippen LogP contribution is 2.30. The zero-order valence-corrected chi connectivity index (χ0v) is 15.7. The van der Waals surface area contributed by atoms with E-state index in [1.165, 1.54) is 25.6 Å². The predicted octanol–water partition coefficient (Wildman–Crippen LogP) is 0.834. The van der Waals surface area contributed by atoms with Crippen LogP contribution < -0.4 is 4.72 Å². The van der Waals surface area contributed by atoms with Crippen molar-refractivity contribution in [2.75, 3.05) is 25.9 Å². The van der Waals surface area contributed by atoms with Gasteiger partial charge in [-0.05, 0) is 18.8 Å².